The summed E-state index contributed by atoms with van der Waals surface area (Å²) in [5, 5.41) is 7.80. The van der Waals surface area contributed by atoms with Crippen LogP contribution in [0.5, 0.6) is 5.75 Å². The predicted octanol–water partition coefficient (Wildman–Crippen LogP) is 3.37. The molecule has 4 nitrogen and oxygen atoms in total. The van der Waals surface area contributed by atoms with Crippen molar-refractivity contribution in [2.45, 2.75) is 25.9 Å². The Morgan fingerprint density at radius 2 is 2.05 bits per heavy atom. The summed E-state index contributed by atoms with van der Waals surface area (Å²) < 4.78 is 8.29. The zero-order valence-electron chi connectivity index (χ0n) is 12.1. The molecule has 0 aliphatic rings. The topological polar surface area (TPSA) is 39.1 Å². The Morgan fingerprint density at radius 1 is 1.35 bits per heavy atom. The van der Waals surface area contributed by atoms with E-state index in [2.05, 4.69) is 50.1 Å². The van der Waals surface area contributed by atoms with Gasteiger partial charge in [-0.3, -0.25) is 4.68 Å². The number of nitrogens with zero attached hydrogens (tertiary/aromatic N) is 2. The number of ether oxygens (including phenoxy) is 1. The molecule has 0 fully saturated rings. The van der Waals surface area contributed by atoms with Crippen molar-refractivity contribution in [1.82, 2.24) is 15.1 Å². The maximum absolute atomic E-state index is 5.21. The molecule has 1 heterocycles. The summed E-state index contributed by atoms with van der Waals surface area (Å²) in [4.78, 5) is 0. The van der Waals surface area contributed by atoms with Gasteiger partial charge in [-0.25, -0.2) is 0 Å². The van der Waals surface area contributed by atoms with Crippen LogP contribution in [0.3, 0.4) is 0 Å². The number of aryl methyl sites for hydroxylation is 1. The highest BCUT2D eigenvalue weighted by atomic mass is 79.9. The van der Waals surface area contributed by atoms with Crippen LogP contribution in [0.4, 0.5) is 0 Å². The Kier molecular flexibility index (Phi) is 5.20. The first-order valence-corrected chi connectivity index (χ1v) is 7.53. The van der Waals surface area contributed by atoms with Crippen LogP contribution in [-0.2, 0) is 6.54 Å². The molecule has 0 saturated carbocycles. The fraction of sp³-hybridized carbons (Fsp3) is 0.400. The number of nitrogens with one attached hydrogen (secondary N) is 1. The van der Waals surface area contributed by atoms with Crippen molar-refractivity contribution in [2.75, 3.05) is 14.2 Å². The van der Waals surface area contributed by atoms with Gasteiger partial charge >= 0.3 is 0 Å². The van der Waals surface area contributed by atoms with Crippen LogP contribution >= 0.6 is 15.9 Å². The SMILES string of the molecule is CCCn1ncc(Br)c1C(NC)c1ccc(OC)cc1. The summed E-state index contributed by atoms with van der Waals surface area (Å²) in [6.45, 7) is 3.07. The summed E-state index contributed by atoms with van der Waals surface area (Å²) in [6.07, 6.45) is 2.92. The molecule has 108 valence electrons. The van der Waals surface area contributed by atoms with Gasteiger partial charge in [0, 0.05) is 6.54 Å². The maximum atomic E-state index is 5.21. The number of halogens is 1. The number of aromatic nitrogens is 2. The van der Waals surface area contributed by atoms with Crippen molar-refractivity contribution in [3.05, 3.63) is 46.2 Å². The molecule has 0 aliphatic carbocycles. The lowest BCUT2D eigenvalue weighted by atomic mass is 10.0. The van der Waals surface area contributed by atoms with Crippen LogP contribution in [0.2, 0.25) is 0 Å². The summed E-state index contributed by atoms with van der Waals surface area (Å²) in [5.41, 5.74) is 2.34. The normalized spacial score (nSPS) is 12.4. The Hall–Kier alpha value is -1.33. The highest BCUT2D eigenvalue weighted by molar-refractivity contribution is 9.10. The first-order chi connectivity index (χ1) is 9.71. The van der Waals surface area contributed by atoms with Crippen molar-refractivity contribution in [3.63, 3.8) is 0 Å². The van der Waals surface area contributed by atoms with Crippen molar-refractivity contribution in [1.29, 1.82) is 0 Å². The molecule has 0 spiro atoms. The van der Waals surface area contributed by atoms with Gasteiger partial charge in [-0.2, -0.15) is 5.10 Å². The Morgan fingerprint density at radius 3 is 2.60 bits per heavy atom. The summed E-state index contributed by atoms with van der Waals surface area (Å²) in [7, 11) is 3.64. The third-order valence-electron chi connectivity index (χ3n) is 3.28. The number of hydrogen-bond donors (Lipinski definition) is 1. The highest BCUT2D eigenvalue weighted by Gasteiger charge is 2.20. The van der Waals surface area contributed by atoms with Gasteiger partial charge in [-0.1, -0.05) is 19.1 Å². The zero-order valence-corrected chi connectivity index (χ0v) is 13.6. The van der Waals surface area contributed by atoms with Crippen LogP contribution in [0.1, 0.15) is 30.6 Å². The van der Waals surface area contributed by atoms with Crippen LogP contribution in [0, 0.1) is 0 Å². The minimum atomic E-state index is 0.101. The lowest BCUT2D eigenvalue weighted by molar-refractivity contribution is 0.414. The van der Waals surface area contributed by atoms with Gasteiger partial charge in [0.1, 0.15) is 5.75 Å². The van der Waals surface area contributed by atoms with Crippen LogP contribution in [0.25, 0.3) is 0 Å². The van der Waals surface area contributed by atoms with E-state index in [-0.39, 0.29) is 6.04 Å². The van der Waals surface area contributed by atoms with Crippen molar-refractivity contribution < 1.29 is 4.74 Å². The number of rotatable bonds is 6. The van der Waals surface area contributed by atoms with E-state index in [1.165, 1.54) is 5.56 Å². The number of benzene rings is 1. The van der Waals surface area contributed by atoms with E-state index in [0.29, 0.717) is 0 Å². The molecular formula is C15H20BrN3O. The molecule has 1 atom stereocenters. The maximum Gasteiger partial charge on any atom is 0.118 e. The monoisotopic (exact) mass is 337 g/mol. The molecule has 1 N–H and O–H groups in total. The number of methoxy groups -OCH3 is 1. The van der Waals surface area contributed by atoms with E-state index < -0.39 is 0 Å². The Bertz CT molecular complexity index is 551. The zero-order chi connectivity index (χ0) is 14.5. The summed E-state index contributed by atoms with van der Waals surface area (Å²) in [5.74, 6) is 0.865. The third kappa shape index (κ3) is 3.04. The molecule has 2 aromatic rings. The van der Waals surface area contributed by atoms with Gasteiger partial charge in [0.15, 0.2) is 0 Å². The molecule has 1 unspecified atom stereocenters. The molecule has 2 rings (SSSR count). The largest absolute Gasteiger partial charge is 0.497 e. The lowest BCUT2D eigenvalue weighted by Crippen LogP contribution is -2.22. The molecule has 0 aliphatic heterocycles. The summed E-state index contributed by atoms with van der Waals surface area (Å²) >= 11 is 3.61. The molecule has 5 heteroatoms. The lowest BCUT2D eigenvalue weighted by Gasteiger charge is -2.19. The van der Waals surface area contributed by atoms with Gasteiger partial charge < -0.3 is 10.1 Å². The molecule has 0 bridgehead atoms. The Balaban J connectivity index is 2.38. The molecule has 20 heavy (non-hydrogen) atoms. The van der Waals surface area contributed by atoms with Gasteiger partial charge in [-0.15, -0.1) is 0 Å². The van der Waals surface area contributed by atoms with Gasteiger partial charge in [0.05, 0.1) is 29.5 Å². The van der Waals surface area contributed by atoms with E-state index in [1.807, 2.05) is 25.4 Å². The van der Waals surface area contributed by atoms with Crippen molar-refractivity contribution in [2.24, 2.45) is 0 Å². The van der Waals surface area contributed by atoms with Gasteiger partial charge in [0.2, 0.25) is 0 Å². The second-order valence-electron chi connectivity index (χ2n) is 4.60. The van der Waals surface area contributed by atoms with Gasteiger partial charge in [0.25, 0.3) is 0 Å². The first-order valence-electron chi connectivity index (χ1n) is 6.73. The molecular weight excluding hydrogens is 318 g/mol. The van der Waals surface area contributed by atoms with Crippen LogP contribution < -0.4 is 10.1 Å². The predicted molar refractivity (Wildman–Crippen MR) is 84.1 cm³/mol. The standard InChI is InChI=1S/C15H20BrN3O/c1-4-9-19-15(13(16)10-18-19)14(17-2)11-5-7-12(20-3)8-6-11/h5-8,10,14,17H,4,9H2,1-3H3. The van der Waals surface area contributed by atoms with Crippen LogP contribution in [0.15, 0.2) is 34.9 Å². The Labute approximate surface area is 128 Å². The van der Waals surface area contributed by atoms with Gasteiger partial charge in [-0.05, 0) is 47.1 Å². The smallest absolute Gasteiger partial charge is 0.118 e. The number of hydrogen-bond acceptors (Lipinski definition) is 3. The van der Waals surface area contributed by atoms with Crippen LogP contribution in [-0.4, -0.2) is 23.9 Å². The molecule has 1 aromatic carbocycles. The average Bonchev–Trinajstić information content (AvgIpc) is 2.83. The van der Waals surface area contributed by atoms with E-state index in [4.69, 9.17) is 4.74 Å². The minimum Gasteiger partial charge on any atom is -0.497 e. The third-order valence-corrected chi connectivity index (χ3v) is 3.89. The van der Waals surface area contributed by atoms with E-state index in [0.717, 1.165) is 28.9 Å². The molecule has 1 aromatic heterocycles. The highest BCUT2D eigenvalue weighted by Crippen LogP contribution is 2.29. The average molecular weight is 338 g/mol. The quantitative estimate of drug-likeness (QED) is 0.878. The molecule has 0 radical (unpaired) electrons. The first kappa shape index (κ1) is 15.1. The van der Waals surface area contributed by atoms with E-state index >= 15 is 0 Å². The van der Waals surface area contributed by atoms with E-state index in [9.17, 15) is 0 Å². The fourth-order valence-electron chi connectivity index (χ4n) is 2.31. The van der Waals surface area contributed by atoms with E-state index in [1.54, 1.807) is 7.11 Å². The summed E-state index contributed by atoms with van der Waals surface area (Å²) in [6, 6.07) is 8.22. The molecule has 0 saturated heterocycles. The second-order valence-corrected chi connectivity index (χ2v) is 5.45. The van der Waals surface area contributed by atoms with Crippen molar-refractivity contribution in [3.8, 4) is 5.75 Å². The second kappa shape index (κ2) is 6.90. The fourth-order valence-corrected chi connectivity index (χ4v) is 2.83. The molecule has 0 amide bonds. The van der Waals surface area contributed by atoms with Crippen molar-refractivity contribution >= 4 is 15.9 Å². The minimum absolute atomic E-state index is 0.101.